The average molecular weight is 261 g/mol. The van der Waals surface area contributed by atoms with Crippen LogP contribution < -0.4 is 5.32 Å². The van der Waals surface area contributed by atoms with E-state index in [9.17, 15) is 9.59 Å². The Balaban J connectivity index is 2.08. The third kappa shape index (κ3) is 3.53. The first-order valence-corrected chi connectivity index (χ1v) is 6.59. The highest BCUT2D eigenvalue weighted by atomic mass is 16.2. The SMILES string of the molecule is CC(=O)Nc1cc(C(=O)N2CCC(C)CC2)ccn1. The van der Waals surface area contributed by atoms with Gasteiger partial charge in [0.15, 0.2) is 0 Å². The van der Waals surface area contributed by atoms with Crippen LogP contribution >= 0.6 is 0 Å². The number of aromatic nitrogens is 1. The summed E-state index contributed by atoms with van der Waals surface area (Å²) in [5.41, 5.74) is 0.577. The van der Waals surface area contributed by atoms with E-state index in [1.54, 1.807) is 18.3 Å². The number of carbonyl (C=O) groups excluding carboxylic acids is 2. The molecule has 0 spiro atoms. The number of nitrogens with one attached hydrogen (secondary N) is 1. The predicted molar refractivity (Wildman–Crippen MR) is 72.8 cm³/mol. The zero-order valence-corrected chi connectivity index (χ0v) is 11.3. The van der Waals surface area contributed by atoms with E-state index in [0.717, 1.165) is 25.9 Å². The number of anilines is 1. The lowest BCUT2D eigenvalue weighted by Crippen LogP contribution is -2.37. The highest BCUT2D eigenvalue weighted by Crippen LogP contribution is 2.18. The molecule has 5 nitrogen and oxygen atoms in total. The Morgan fingerprint density at radius 2 is 2.05 bits per heavy atom. The van der Waals surface area contributed by atoms with E-state index in [4.69, 9.17) is 0 Å². The average Bonchev–Trinajstić information content (AvgIpc) is 2.38. The normalized spacial score (nSPS) is 16.2. The van der Waals surface area contributed by atoms with Crippen LogP contribution in [0.2, 0.25) is 0 Å². The number of rotatable bonds is 2. The van der Waals surface area contributed by atoms with Gasteiger partial charge in [-0.05, 0) is 30.9 Å². The molecule has 0 saturated carbocycles. The van der Waals surface area contributed by atoms with E-state index in [2.05, 4.69) is 17.2 Å². The smallest absolute Gasteiger partial charge is 0.254 e. The van der Waals surface area contributed by atoms with E-state index >= 15 is 0 Å². The molecule has 2 rings (SSSR count). The van der Waals surface area contributed by atoms with E-state index in [1.807, 2.05) is 4.90 Å². The summed E-state index contributed by atoms with van der Waals surface area (Å²) < 4.78 is 0. The summed E-state index contributed by atoms with van der Waals surface area (Å²) in [6, 6.07) is 3.31. The van der Waals surface area contributed by atoms with E-state index in [0.29, 0.717) is 17.3 Å². The molecule has 1 aliphatic heterocycles. The maximum atomic E-state index is 12.3. The summed E-state index contributed by atoms with van der Waals surface area (Å²) in [5.74, 6) is 0.935. The van der Waals surface area contributed by atoms with Crippen molar-refractivity contribution in [1.29, 1.82) is 0 Å². The summed E-state index contributed by atoms with van der Waals surface area (Å²) in [6.07, 6.45) is 3.65. The standard InChI is InChI=1S/C14H19N3O2/c1-10-4-7-17(8-5-10)14(19)12-3-6-15-13(9-12)16-11(2)18/h3,6,9-10H,4-5,7-8H2,1-2H3,(H,15,16,18). The van der Waals surface area contributed by atoms with Crippen LogP contribution in [0.1, 0.15) is 37.0 Å². The number of nitrogens with zero attached hydrogens (tertiary/aromatic N) is 2. The molecule has 0 aliphatic carbocycles. The van der Waals surface area contributed by atoms with Crippen molar-refractivity contribution < 1.29 is 9.59 Å². The number of amides is 2. The molecular weight excluding hydrogens is 242 g/mol. The highest BCUT2D eigenvalue weighted by molar-refractivity contribution is 5.96. The van der Waals surface area contributed by atoms with Crippen LogP contribution in [-0.2, 0) is 4.79 Å². The molecule has 2 amide bonds. The Morgan fingerprint density at radius 1 is 1.37 bits per heavy atom. The third-order valence-electron chi connectivity index (χ3n) is 3.38. The second kappa shape index (κ2) is 5.82. The van der Waals surface area contributed by atoms with Gasteiger partial charge in [-0.15, -0.1) is 0 Å². The zero-order valence-electron chi connectivity index (χ0n) is 11.3. The van der Waals surface area contributed by atoms with Gasteiger partial charge < -0.3 is 10.2 Å². The van der Waals surface area contributed by atoms with Gasteiger partial charge in [-0.2, -0.15) is 0 Å². The largest absolute Gasteiger partial charge is 0.339 e. The maximum Gasteiger partial charge on any atom is 0.254 e. The second-order valence-electron chi connectivity index (χ2n) is 5.09. The van der Waals surface area contributed by atoms with Gasteiger partial charge in [-0.25, -0.2) is 4.98 Å². The Bertz CT molecular complexity index is 479. The first-order valence-electron chi connectivity index (χ1n) is 6.59. The van der Waals surface area contributed by atoms with Crippen molar-refractivity contribution in [2.45, 2.75) is 26.7 Å². The first kappa shape index (κ1) is 13.5. The van der Waals surface area contributed by atoms with Crippen LogP contribution in [-0.4, -0.2) is 34.8 Å². The van der Waals surface area contributed by atoms with Gasteiger partial charge in [0.25, 0.3) is 5.91 Å². The third-order valence-corrected chi connectivity index (χ3v) is 3.38. The fourth-order valence-electron chi connectivity index (χ4n) is 2.21. The van der Waals surface area contributed by atoms with Gasteiger partial charge >= 0.3 is 0 Å². The van der Waals surface area contributed by atoms with E-state index in [-0.39, 0.29) is 11.8 Å². The molecule has 102 valence electrons. The molecule has 1 saturated heterocycles. The van der Waals surface area contributed by atoms with Crippen LogP contribution in [0, 0.1) is 5.92 Å². The molecule has 0 atom stereocenters. The molecule has 2 heterocycles. The molecule has 1 aliphatic rings. The summed E-state index contributed by atoms with van der Waals surface area (Å²) in [6.45, 7) is 5.24. The van der Waals surface area contributed by atoms with E-state index < -0.39 is 0 Å². The minimum absolute atomic E-state index is 0.0147. The summed E-state index contributed by atoms with van der Waals surface area (Å²) in [4.78, 5) is 29.2. The second-order valence-corrected chi connectivity index (χ2v) is 5.09. The molecule has 0 unspecified atom stereocenters. The number of piperidine rings is 1. The lowest BCUT2D eigenvalue weighted by molar-refractivity contribution is -0.114. The highest BCUT2D eigenvalue weighted by Gasteiger charge is 2.21. The number of carbonyl (C=O) groups is 2. The van der Waals surface area contributed by atoms with Crippen LogP contribution in [0.15, 0.2) is 18.3 Å². The Kier molecular flexibility index (Phi) is 4.14. The molecule has 5 heteroatoms. The van der Waals surface area contributed by atoms with Crippen molar-refractivity contribution in [3.05, 3.63) is 23.9 Å². The zero-order chi connectivity index (χ0) is 13.8. The quantitative estimate of drug-likeness (QED) is 0.884. The molecule has 1 aromatic rings. The fraction of sp³-hybridized carbons (Fsp3) is 0.500. The molecular formula is C14H19N3O2. The van der Waals surface area contributed by atoms with Gasteiger partial charge in [-0.3, -0.25) is 9.59 Å². The van der Waals surface area contributed by atoms with Crippen molar-refractivity contribution >= 4 is 17.6 Å². The van der Waals surface area contributed by atoms with Crippen LogP contribution in [0.5, 0.6) is 0 Å². The molecule has 0 aromatic carbocycles. The monoisotopic (exact) mass is 261 g/mol. The number of hydrogen-bond donors (Lipinski definition) is 1. The van der Waals surface area contributed by atoms with Crippen molar-refractivity contribution in [3.8, 4) is 0 Å². The summed E-state index contributed by atoms with van der Waals surface area (Å²) >= 11 is 0. The maximum absolute atomic E-state index is 12.3. The summed E-state index contributed by atoms with van der Waals surface area (Å²) in [5, 5.41) is 2.59. The molecule has 0 radical (unpaired) electrons. The predicted octanol–water partition coefficient (Wildman–Crippen LogP) is 1.91. The molecule has 0 bridgehead atoms. The number of likely N-dealkylation sites (tertiary alicyclic amines) is 1. The minimum atomic E-state index is -0.191. The van der Waals surface area contributed by atoms with Crippen molar-refractivity contribution in [2.24, 2.45) is 5.92 Å². The Hall–Kier alpha value is -1.91. The molecule has 1 aromatic heterocycles. The number of pyridine rings is 1. The van der Waals surface area contributed by atoms with Crippen molar-refractivity contribution in [3.63, 3.8) is 0 Å². The summed E-state index contributed by atoms with van der Waals surface area (Å²) in [7, 11) is 0. The van der Waals surface area contributed by atoms with Gasteiger partial charge in [0.2, 0.25) is 5.91 Å². The van der Waals surface area contributed by atoms with Gasteiger partial charge in [0.1, 0.15) is 5.82 Å². The van der Waals surface area contributed by atoms with Crippen molar-refractivity contribution in [1.82, 2.24) is 9.88 Å². The Labute approximate surface area is 113 Å². The van der Waals surface area contributed by atoms with Crippen LogP contribution in [0.4, 0.5) is 5.82 Å². The van der Waals surface area contributed by atoms with Gasteiger partial charge in [-0.1, -0.05) is 6.92 Å². The lowest BCUT2D eigenvalue weighted by atomic mass is 9.99. The number of hydrogen-bond acceptors (Lipinski definition) is 3. The van der Waals surface area contributed by atoms with Crippen LogP contribution in [0.25, 0.3) is 0 Å². The molecule has 1 fully saturated rings. The first-order chi connectivity index (χ1) is 9.06. The molecule has 19 heavy (non-hydrogen) atoms. The van der Waals surface area contributed by atoms with Crippen LogP contribution in [0.3, 0.4) is 0 Å². The lowest BCUT2D eigenvalue weighted by Gasteiger charge is -2.30. The minimum Gasteiger partial charge on any atom is -0.339 e. The van der Waals surface area contributed by atoms with Gasteiger partial charge in [0.05, 0.1) is 0 Å². The Morgan fingerprint density at radius 3 is 2.68 bits per heavy atom. The van der Waals surface area contributed by atoms with E-state index in [1.165, 1.54) is 6.92 Å². The van der Waals surface area contributed by atoms with Gasteiger partial charge in [0, 0.05) is 31.8 Å². The fourth-order valence-corrected chi connectivity index (χ4v) is 2.21. The van der Waals surface area contributed by atoms with Crippen molar-refractivity contribution in [2.75, 3.05) is 18.4 Å². The topological polar surface area (TPSA) is 62.3 Å². The molecule has 1 N–H and O–H groups in total.